The van der Waals surface area contributed by atoms with Crippen LogP contribution in [0.4, 0.5) is 0 Å². The summed E-state index contributed by atoms with van der Waals surface area (Å²) in [7, 11) is 0. The lowest BCUT2D eigenvalue weighted by molar-refractivity contribution is -0.167. The second-order valence-corrected chi connectivity index (χ2v) is 21.7. The number of carbonyl (C=O) groups excluding carboxylic acids is 3. The fourth-order valence-corrected chi connectivity index (χ4v) is 9.74. The Hall–Kier alpha value is -1.85. The second kappa shape index (κ2) is 59.7. The van der Waals surface area contributed by atoms with Crippen molar-refractivity contribution < 1.29 is 28.6 Å². The van der Waals surface area contributed by atoms with Gasteiger partial charge in [-0.25, -0.2) is 0 Å². The van der Waals surface area contributed by atoms with Gasteiger partial charge in [-0.3, -0.25) is 14.4 Å². The normalized spacial score (nSPS) is 12.0. The van der Waals surface area contributed by atoms with E-state index in [0.717, 1.165) is 57.8 Å². The minimum Gasteiger partial charge on any atom is -0.462 e. The zero-order valence-electron chi connectivity index (χ0n) is 47.6. The summed E-state index contributed by atoms with van der Waals surface area (Å²) in [4.78, 5) is 38.0. The molecule has 0 bridgehead atoms. The van der Waals surface area contributed by atoms with Crippen LogP contribution in [-0.4, -0.2) is 37.2 Å². The van der Waals surface area contributed by atoms with Gasteiger partial charge in [0, 0.05) is 19.3 Å². The van der Waals surface area contributed by atoms with Crippen LogP contribution in [-0.2, 0) is 28.6 Å². The molecule has 0 spiro atoms. The number of ether oxygens (including phenoxy) is 3. The number of hydrogen-bond donors (Lipinski definition) is 0. The molecular formula is C64H122O6. The lowest BCUT2D eigenvalue weighted by atomic mass is 10.0. The molecule has 0 radical (unpaired) electrons. The Morgan fingerprint density at radius 2 is 0.471 bits per heavy atom. The highest BCUT2D eigenvalue weighted by molar-refractivity contribution is 5.71. The monoisotopic (exact) mass is 987 g/mol. The number of allylic oxidation sites excluding steroid dienone is 2. The Bertz CT molecular complexity index is 1090. The van der Waals surface area contributed by atoms with Gasteiger partial charge in [-0.15, -0.1) is 0 Å². The van der Waals surface area contributed by atoms with Crippen LogP contribution in [0.25, 0.3) is 0 Å². The summed E-state index contributed by atoms with van der Waals surface area (Å²) < 4.78 is 16.8. The van der Waals surface area contributed by atoms with E-state index < -0.39 is 6.10 Å². The van der Waals surface area contributed by atoms with E-state index in [0.29, 0.717) is 19.3 Å². The standard InChI is InChI=1S/C64H122O6/c1-4-7-10-13-16-19-21-23-25-26-27-28-29-30-31-32-33-34-35-36-37-38-40-41-43-45-48-51-54-57-63(66)69-60-61(59-68-62(65)56-53-50-47-18-15-12-9-6-3)70-64(67)58-55-52-49-46-44-42-39-24-22-20-17-14-11-8-5-2/h26-27,61H,4-25,28-60H2,1-3H3/b27-26-. The molecule has 0 aromatic rings. The first kappa shape index (κ1) is 68.2. The van der Waals surface area contributed by atoms with Crippen molar-refractivity contribution in [1.82, 2.24) is 0 Å². The Balaban J connectivity index is 4.02. The largest absolute Gasteiger partial charge is 0.462 e. The predicted molar refractivity (Wildman–Crippen MR) is 303 cm³/mol. The molecule has 0 heterocycles. The molecule has 0 saturated heterocycles. The van der Waals surface area contributed by atoms with Gasteiger partial charge >= 0.3 is 17.9 Å². The molecule has 0 rings (SSSR count). The number of unbranched alkanes of at least 4 members (excludes halogenated alkanes) is 46. The molecule has 70 heavy (non-hydrogen) atoms. The van der Waals surface area contributed by atoms with E-state index in [1.807, 2.05) is 0 Å². The van der Waals surface area contributed by atoms with Crippen molar-refractivity contribution in [2.24, 2.45) is 0 Å². The van der Waals surface area contributed by atoms with Crippen molar-refractivity contribution in [2.75, 3.05) is 13.2 Å². The highest BCUT2D eigenvalue weighted by Gasteiger charge is 2.19. The van der Waals surface area contributed by atoms with Crippen molar-refractivity contribution in [3.63, 3.8) is 0 Å². The van der Waals surface area contributed by atoms with E-state index in [1.165, 1.54) is 263 Å². The molecule has 6 nitrogen and oxygen atoms in total. The van der Waals surface area contributed by atoms with Crippen LogP contribution in [0.1, 0.15) is 361 Å². The number of esters is 3. The third-order valence-corrected chi connectivity index (χ3v) is 14.5. The minimum atomic E-state index is -0.762. The van der Waals surface area contributed by atoms with Crippen LogP contribution in [0.3, 0.4) is 0 Å². The molecule has 0 aliphatic heterocycles. The van der Waals surface area contributed by atoms with Gasteiger partial charge in [-0.2, -0.15) is 0 Å². The van der Waals surface area contributed by atoms with E-state index in [1.54, 1.807) is 0 Å². The molecule has 0 saturated carbocycles. The van der Waals surface area contributed by atoms with Crippen LogP contribution in [0, 0.1) is 0 Å². The Kier molecular flexibility index (Phi) is 58.1. The fraction of sp³-hybridized carbons (Fsp3) is 0.922. The summed E-state index contributed by atoms with van der Waals surface area (Å²) in [6.45, 7) is 6.67. The smallest absolute Gasteiger partial charge is 0.306 e. The third-order valence-electron chi connectivity index (χ3n) is 14.5. The fourth-order valence-electron chi connectivity index (χ4n) is 9.74. The first-order valence-electron chi connectivity index (χ1n) is 31.7. The summed E-state index contributed by atoms with van der Waals surface area (Å²) in [6, 6.07) is 0. The Labute approximate surface area is 437 Å². The SMILES string of the molecule is CCCCCCCCCC/C=C\CCCCCCCCCCCCCCCCCCCC(=O)OCC(COC(=O)CCCCCCCCCC)OC(=O)CCCCCCCCCCCCCCCCC. The summed E-state index contributed by atoms with van der Waals surface area (Å²) in [5, 5.41) is 0. The zero-order valence-corrected chi connectivity index (χ0v) is 47.6. The van der Waals surface area contributed by atoms with E-state index in [2.05, 4.69) is 32.9 Å². The van der Waals surface area contributed by atoms with Gasteiger partial charge in [0.25, 0.3) is 0 Å². The summed E-state index contributed by atoms with van der Waals surface area (Å²) >= 11 is 0. The van der Waals surface area contributed by atoms with E-state index in [-0.39, 0.29) is 31.1 Å². The van der Waals surface area contributed by atoms with Crippen molar-refractivity contribution >= 4 is 17.9 Å². The minimum absolute atomic E-state index is 0.0633. The molecule has 0 N–H and O–H groups in total. The average Bonchev–Trinajstić information content (AvgIpc) is 3.36. The van der Waals surface area contributed by atoms with Crippen LogP contribution in [0.15, 0.2) is 12.2 Å². The molecule has 0 fully saturated rings. The van der Waals surface area contributed by atoms with Crippen molar-refractivity contribution in [1.29, 1.82) is 0 Å². The Morgan fingerprint density at radius 1 is 0.271 bits per heavy atom. The third kappa shape index (κ3) is 57.1. The summed E-state index contributed by atoms with van der Waals surface area (Å²) in [5.41, 5.74) is 0. The average molecular weight is 988 g/mol. The Morgan fingerprint density at radius 3 is 0.714 bits per heavy atom. The van der Waals surface area contributed by atoms with Gasteiger partial charge in [-0.05, 0) is 44.9 Å². The van der Waals surface area contributed by atoms with Gasteiger partial charge in [0.05, 0.1) is 0 Å². The van der Waals surface area contributed by atoms with E-state index in [9.17, 15) is 14.4 Å². The quantitative estimate of drug-likeness (QED) is 0.0261. The number of carbonyl (C=O) groups is 3. The highest BCUT2D eigenvalue weighted by Crippen LogP contribution is 2.18. The van der Waals surface area contributed by atoms with Crippen LogP contribution in [0.5, 0.6) is 0 Å². The first-order valence-corrected chi connectivity index (χ1v) is 31.7. The molecule has 414 valence electrons. The lowest BCUT2D eigenvalue weighted by Gasteiger charge is -2.18. The van der Waals surface area contributed by atoms with Gasteiger partial charge < -0.3 is 14.2 Å². The molecule has 0 aromatic heterocycles. The molecule has 1 atom stereocenters. The van der Waals surface area contributed by atoms with Crippen LogP contribution >= 0.6 is 0 Å². The molecular weight excluding hydrogens is 865 g/mol. The molecule has 0 aromatic carbocycles. The molecule has 0 aliphatic carbocycles. The maximum absolute atomic E-state index is 12.8. The molecule has 6 heteroatoms. The number of hydrogen-bond acceptors (Lipinski definition) is 6. The highest BCUT2D eigenvalue weighted by atomic mass is 16.6. The van der Waals surface area contributed by atoms with Gasteiger partial charge in [0.1, 0.15) is 13.2 Å². The molecule has 1 unspecified atom stereocenters. The van der Waals surface area contributed by atoms with Crippen molar-refractivity contribution in [3.8, 4) is 0 Å². The van der Waals surface area contributed by atoms with Crippen molar-refractivity contribution in [3.05, 3.63) is 12.2 Å². The van der Waals surface area contributed by atoms with E-state index >= 15 is 0 Å². The van der Waals surface area contributed by atoms with Crippen molar-refractivity contribution in [2.45, 2.75) is 367 Å². The maximum atomic E-state index is 12.8. The summed E-state index contributed by atoms with van der Waals surface area (Å²) in [5.74, 6) is -0.842. The first-order chi connectivity index (χ1) is 34.5. The predicted octanol–water partition coefficient (Wildman–Crippen LogP) is 21.3. The van der Waals surface area contributed by atoms with Gasteiger partial charge in [0.15, 0.2) is 6.10 Å². The van der Waals surface area contributed by atoms with E-state index in [4.69, 9.17) is 14.2 Å². The molecule has 0 amide bonds. The van der Waals surface area contributed by atoms with Crippen LogP contribution < -0.4 is 0 Å². The van der Waals surface area contributed by atoms with Gasteiger partial charge in [-0.1, -0.05) is 309 Å². The van der Waals surface area contributed by atoms with Gasteiger partial charge in [0.2, 0.25) is 0 Å². The molecule has 0 aliphatic rings. The van der Waals surface area contributed by atoms with Crippen LogP contribution in [0.2, 0.25) is 0 Å². The zero-order chi connectivity index (χ0) is 50.7. The summed E-state index contributed by atoms with van der Waals surface area (Å²) in [6.07, 6.45) is 69.6. The number of rotatable bonds is 59. The lowest BCUT2D eigenvalue weighted by Crippen LogP contribution is -2.30. The second-order valence-electron chi connectivity index (χ2n) is 21.7. The maximum Gasteiger partial charge on any atom is 0.306 e. The topological polar surface area (TPSA) is 78.9 Å².